The highest BCUT2D eigenvalue weighted by Gasteiger charge is 2.28. The first kappa shape index (κ1) is 20.5. The molecule has 1 aromatic carbocycles. The number of hydrogen-bond donors (Lipinski definition) is 1. The van der Waals surface area contributed by atoms with Crippen LogP contribution in [0.1, 0.15) is 26.3 Å². The summed E-state index contributed by atoms with van der Waals surface area (Å²) in [5.41, 5.74) is 5.90. The third-order valence-electron chi connectivity index (χ3n) is 3.82. The lowest BCUT2D eigenvalue weighted by molar-refractivity contribution is 0.208. The SMILES string of the molecule is COc1ncc(-c2csc(Oc3ccc(OC(N)=O)c(F)c3C(C)(C)C)n2)cn1. The van der Waals surface area contributed by atoms with Gasteiger partial charge in [0.1, 0.15) is 5.75 Å². The lowest BCUT2D eigenvalue weighted by atomic mass is 9.85. The van der Waals surface area contributed by atoms with Gasteiger partial charge in [-0.2, -0.15) is 0 Å². The Hall–Kier alpha value is -3.27. The predicted octanol–water partition coefficient (Wildman–Crippen LogP) is 4.30. The summed E-state index contributed by atoms with van der Waals surface area (Å²) >= 11 is 1.24. The van der Waals surface area contributed by atoms with E-state index in [4.69, 9.17) is 19.9 Å². The van der Waals surface area contributed by atoms with Crippen LogP contribution in [0.4, 0.5) is 9.18 Å². The molecule has 3 aromatic rings. The van der Waals surface area contributed by atoms with Crippen LogP contribution in [0.25, 0.3) is 11.3 Å². The fourth-order valence-corrected chi connectivity index (χ4v) is 3.29. The average Bonchev–Trinajstić information content (AvgIpc) is 3.11. The van der Waals surface area contributed by atoms with Crippen molar-refractivity contribution in [3.8, 4) is 34.0 Å². The van der Waals surface area contributed by atoms with E-state index in [0.29, 0.717) is 16.5 Å². The molecule has 0 unspecified atom stereocenters. The Morgan fingerprint density at radius 3 is 2.41 bits per heavy atom. The number of nitrogens with zero attached hydrogens (tertiary/aromatic N) is 3. The van der Waals surface area contributed by atoms with Gasteiger partial charge in [-0.1, -0.05) is 32.1 Å². The van der Waals surface area contributed by atoms with Crippen LogP contribution in [-0.4, -0.2) is 28.2 Å². The first-order valence-electron chi connectivity index (χ1n) is 8.49. The lowest BCUT2D eigenvalue weighted by Crippen LogP contribution is -2.20. The van der Waals surface area contributed by atoms with Gasteiger partial charge in [0.05, 0.1) is 12.8 Å². The molecule has 0 aliphatic carbocycles. The zero-order valence-corrected chi connectivity index (χ0v) is 17.0. The second kappa shape index (κ2) is 8.00. The van der Waals surface area contributed by atoms with Gasteiger partial charge < -0.3 is 19.9 Å². The van der Waals surface area contributed by atoms with Crippen LogP contribution < -0.4 is 19.9 Å². The molecule has 0 spiro atoms. The second-order valence-electron chi connectivity index (χ2n) is 6.98. The molecule has 0 saturated heterocycles. The quantitative estimate of drug-likeness (QED) is 0.658. The largest absolute Gasteiger partial charge is 0.467 e. The number of primary amides is 1. The van der Waals surface area contributed by atoms with Crippen molar-refractivity contribution in [2.45, 2.75) is 26.2 Å². The van der Waals surface area contributed by atoms with E-state index in [0.717, 1.165) is 0 Å². The topological polar surface area (TPSA) is 109 Å². The number of carbonyl (C=O) groups excluding carboxylic acids is 1. The molecule has 0 radical (unpaired) electrons. The highest BCUT2D eigenvalue weighted by molar-refractivity contribution is 7.11. The van der Waals surface area contributed by atoms with E-state index in [9.17, 15) is 9.18 Å². The molecule has 1 amide bonds. The number of rotatable bonds is 5. The Balaban J connectivity index is 1.92. The number of carbonyl (C=O) groups is 1. The Morgan fingerprint density at radius 2 is 1.83 bits per heavy atom. The molecule has 0 saturated carbocycles. The van der Waals surface area contributed by atoms with Crippen molar-refractivity contribution < 1.29 is 23.4 Å². The van der Waals surface area contributed by atoms with Crippen LogP contribution in [0.2, 0.25) is 0 Å². The maximum Gasteiger partial charge on any atom is 0.410 e. The van der Waals surface area contributed by atoms with Gasteiger partial charge in [-0.15, -0.1) is 0 Å². The third kappa shape index (κ3) is 4.60. The number of ether oxygens (including phenoxy) is 3. The van der Waals surface area contributed by atoms with Crippen LogP contribution in [0, 0.1) is 5.82 Å². The summed E-state index contributed by atoms with van der Waals surface area (Å²) in [6.45, 7) is 5.44. The van der Waals surface area contributed by atoms with Gasteiger partial charge in [-0.3, -0.25) is 0 Å². The molecule has 10 heteroatoms. The number of benzene rings is 1. The summed E-state index contributed by atoms with van der Waals surface area (Å²) in [6, 6.07) is 3.06. The maximum absolute atomic E-state index is 15.0. The molecule has 0 bridgehead atoms. The lowest BCUT2D eigenvalue weighted by Gasteiger charge is -2.23. The summed E-state index contributed by atoms with van der Waals surface area (Å²) in [6.07, 6.45) is 2.07. The number of nitrogens with two attached hydrogens (primary N) is 1. The summed E-state index contributed by atoms with van der Waals surface area (Å²) in [5, 5.41) is 2.09. The minimum absolute atomic E-state index is 0.237. The number of hydrogen-bond acceptors (Lipinski definition) is 8. The van der Waals surface area contributed by atoms with Gasteiger partial charge in [0, 0.05) is 28.9 Å². The molecule has 0 atom stereocenters. The molecule has 152 valence electrons. The smallest absolute Gasteiger partial charge is 0.410 e. The fraction of sp³-hybridized carbons (Fsp3) is 0.263. The van der Waals surface area contributed by atoms with E-state index in [1.165, 1.54) is 30.6 Å². The summed E-state index contributed by atoms with van der Waals surface area (Å²) in [5.74, 6) is -0.710. The minimum atomic E-state index is -1.09. The number of methoxy groups -OCH3 is 1. The Morgan fingerprint density at radius 1 is 1.17 bits per heavy atom. The van der Waals surface area contributed by atoms with E-state index >= 15 is 0 Å². The van der Waals surface area contributed by atoms with Crippen LogP contribution in [0.5, 0.6) is 22.7 Å². The molecule has 0 fully saturated rings. The standard InChI is InChI=1S/C19H19FN4O4S/c1-19(2,3)14-12(5-6-13(15(14)20)27-16(21)25)28-18-24-11(9-29-18)10-7-22-17(26-4)23-8-10/h5-9H,1-4H3,(H2,21,25). The molecular weight excluding hydrogens is 399 g/mol. The highest BCUT2D eigenvalue weighted by atomic mass is 32.1. The van der Waals surface area contributed by atoms with Crippen molar-refractivity contribution in [1.82, 2.24) is 15.0 Å². The Kier molecular flexibility index (Phi) is 5.64. The van der Waals surface area contributed by atoms with Gasteiger partial charge in [0.25, 0.3) is 5.19 Å². The van der Waals surface area contributed by atoms with E-state index in [-0.39, 0.29) is 23.1 Å². The van der Waals surface area contributed by atoms with E-state index in [1.54, 1.807) is 17.8 Å². The van der Waals surface area contributed by atoms with Crippen LogP contribution in [0.3, 0.4) is 0 Å². The van der Waals surface area contributed by atoms with Gasteiger partial charge in [-0.05, 0) is 17.5 Å². The zero-order chi connectivity index (χ0) is 21.2. The van der Waals surface area contributed by atoms with Crippen molar-refractivity contribution in [2.75, 3.05) is 7.11 Å². The molecular formula is C19H19FN4O4S. The number of amides is 1. The monoisotopic (exact) mass is 418 g/mol. The molecule has 0 aliphatic heterocycles. The van der Waals surface area contributed by atoms with E-state index < -0.39 is 17.3 Å². The molecule has 2 N–H and O–H groups in total. The van der Waals surface area contributed by atoms with E-state index in [2.05, 4.69) is 15.0 Å². The Labute approximate surface area is 170 Å². The second-order valence-corrected chi connectivity index (χ2v) is 7.80. The van der Waals surface area contributed by atoms with Crippen molar-refractivity contribution in [3.63, 3.8) is 0 Å². The predicted molar refractivity (Wildman–Crippen MR) is 105 cm³/mol. The first-order chi connectivity index (χ1) is 13.7. The minimum Gasteiger partial charge on any atom is -0.467 e. The van der Waals surface area contributed by atoms with Crippen molar-refractivity contribution in [2.24, 2.45) is 5.73 Å². The molecule has 8 nitrogen and oxygen atoms in total. The zero-order valence-electron chi connectivity index (χ0n) is 16.2. The molecule has 2 aromatic heterocycles. The molecule has 29 heavy (non-hydrogen) atoms. The van der Waals surface area contributed by atoms with E-state index in [1.807, 2.05) is 20.8 Å². The maximum atomic E-state index is 15.0. The number of aromatic nitrogens is 3. The summed E-state index contributed by atoms with van der Waals surface area (Å²) < 4.78 is 30.5. The van der Waals surface area contributed by atoms with Gasteiger partial charge in [0.15, 0.2) is 11.6 Å². The number of halogens is 1. The fourth-order valence-electron chi connectivity index (χ4n) is 2.60. The summed E-state index contributed by atoms with van der Waals surface area (Å²) in [4.78, 5) is 23.5. The van der Waals surface area contributed by atoms with Gasteiger partial charge >= 0.3 is 12.1 Å². The van der Waals surface area contributed by atoms with Crippen LogP contribution in [0.15, 0.2) is 29.9 Å². The first-order valence-corrected chi connectivity index (χ1v) is 9.37. The third-order valence-corrected chi connectivity index (χ3v) is 4.53. The molecule has 2 heterocycles. The summed E-state index contributed by atoms with van der Waals surface area (Å²) in [7, 11) is 1.48. The van der Waals surface area contributed by atoms with Crippen molar-refractivity contribution >= 4 is 17.4 Å². The number of thiazole rings is 1. The van der Waals surface area contributed by atoms with Gasteiger partial charge in [0.2, 0.25) is 0 Å². The van der Waals surface area contributed by atoms with Crippen molar-refractivity contribution in [1.29, 1.82) is 0 Å². The highest BCUT2D eigenvalue weighted by Crippen LogP contribution is 2.40. The Bertz CT molecular complexity index is 1030. The average molecular weight is 418 g/mol. The van der Waals surface area contributed by atoms with Gasteiger partial charge in [-0.25, -0.2) is 24.1 Å². The van der Waals surface area contributed by atoms with Crippen molar-refractivity contribution in [3.05, 3.63) is 41.3 Å². The molecule has 0 aliphatic rings. The van der Waals surface area contributed by atoms with Crippen LogP contribution >= 0.6 is 11.3 Å². The molecule has 3 rings (SSSR count). The van der Waals surface area contributed by atoms with Crippen LogP contribution in [-0.2, 0) is 5.41 Å². The normalized spacial score (nSPS) is 11.2.